The maximum absolute atomic E-state index is 11.6. The van der Waals surface area contributed by atoms with Crippen molar-refractivity contribution in [1.82, 2.24) is 14.8 Å². The number of aromatic carboxylic acids is 1. The van der Waals surface area contributed by atoms with E-state index in [2.05, 4.69) is 26.0 Å². The summed E-state index contributed by atoms with van der Waals surface area (Å²) in [6, 6.07) is 3.93. The maximum atomic E-state index is 11.6. The number of pyridine rings is 1. The number of nitrogens with zero attached hydrogens (tertiary/aromatic N) is 3. The van der Waals surface area contributed by atoms with Gasteiger partial charge in [0.2, 0.25) is 0 Å². The fourth-order valence-corrected chi connectivity index (χ4v) is 1.58. The summed E-state index contributed by atoms with van der Waals surface area (Å²) in [6.07, 6.45) is 2.97. The van der Waals surface area contributed by atoms with Crippen molar-refractivity contribution in [2.75, 3.05) is 0 Å². The number of hydrogen-bond donors (Lipinski definition) is 1. The van der Waals surface area contributed by atoms with E-state index < -0.39 is 11.5 Å². The first kappa shape index (κ1) is 11.5. The summed E-state index contributed by atoms with van der Waals surface area (Å²) in [5.41, 5.74) is -0.230. The van der Waals surface area contributed by atoms with Crippen LogP contribution in [0.2, 0.25) is 0 Å². The van der Waals surface area contributed by atoms with E-state index in [0.717, 1.165) is 16.8 Å². The van der Waals surface area contributed by atoms with Crippen LogP contribution >= 0.6 is 15.9 Å². The van der Waals surface area contributed by atoms with Crippen LogP contribution in [0, 0.1) is 0 Å². The molecule has 2 aromatic heterocycles. The quantitative estimate of drug-likeness (QED) is 0.896. The Labute approximate surface area is 104 Å². The molecule has 17 heavy (non-hydrogen) atoms. The van der Waals surface area contributed by atoms with Gasteiger partial charge >= 0.3 is 5.97 Å². The molecule has 7 heteroatoms. The Kier molecular flexibility index (Phi) is 3.01. The van der Waals surface area contributed by atoms with Crippen molar-refractivity contribution in [1.29, 1.82) is 0 Å². The molecule has 2 heterocycles. The highest BCUT2D eigenvalue weighted by Gasteiger charge is 2.08. The van der Waals surface area contributed by atoms with Crippen LogP contribution in [-0.4, -0.2) is 25.8 Å². The van der Waals surface area contributed by atoms with E-state index in [4.69, 9.17) is 5.11 Å². The van der Waals surface area contributed by atoms with E-state index in [0.29, 0.717) is 10.2 Å². The monoisotopic (exact) mass is 295 g/mol. The molecule has 0 aliphatic rings. The number of carboxylic acids is 1. The van der Waals surface area contributed by atoms with Crippen LogP contribution in [0.3, 0.4) is 0 Å². The molecule has 0 aromatic carbocycles. The van der Waals surface area contributed by atoms with E-state index in [1.54, 1.807) is 12.3 Å². The second-order valence-corrected chi connectivity index (χ2v) is 4.05. The summed E-state index contributed by atoms with van der Waals surface area (Å²) in [5.74, 6) is -1.19. The third-order valence-electron chi connectivity index (χ3n) is 1.95. The fourth-order valence-electron chi connectivity index (χ4n) is 1.23. The van der Waals surface area contributed by atoms with Crippen LogP contribution in [0.4, 0.5) is 0 Å². The second-order valence-electron chi connectivity index (χ2n) is 3.14. The van der Waals surface area contributed by atoms with Crippen molar-refractivity contribution in [3.63, 3.8) is 0 Å². The number of carboxylic acid groups (broad SMARTS) is 1. The van der Waals surface area contributed by atoms with E-state index in [9.17, 15) is 9.59 Å². The van der Waals surface area contributed by atoms with Crippen LogP contribution in [0.1, 0.15) is 10.5 Å². The number of halogens is 1. The molecule has 2 rings (SSSR count). The predicted octanol–water partition coefficient (Wildman–Crippen LogP) is 1.09. The van der Waals surface area contributed by atoms with Gasteiger partial charge in [-0.1, -0.05) is 0 Å². The van der Waals surface area contributed by atoms with Gasteiger partial charge in [-0.3, -0.25) is 9.78 Å². The predicted molar refractivity (Wildman–Crippen MR) is 62.3 cm³/mol. The molecule has 0 saturated carbocycles. The summed E-state index contributed by atoms with van der Waals surface area (Å²) in [5, 5.41) is 12.5. The van der Waals surface area contributed by atoms with Crippen LogP contribution in [0.5, 0.6) is 0 Å². The van der Waals surface area contributed by atoms with Gasteiger partial charge in [-0.05, 0) is 28.1 Å². The van der Waals surface area contributed by atoms with E-state index in [1.807, 2.05) is 0 Å². The summed E-state index contributed by atoms with van der Waals surface area (Å²) in [4.78, 5) is 26.2. The minimum atomic E-state index is -1.19. The molecule has 6 nitrogen and oxygen atoms in total. The Morgan fingerprint density at radius 2 is 2.12 bits per heavy atom. The average molecular weight is 296 g/mol. The highest BCUT2D eigenvalue weighted by molar-refractivity contribution is 9.10. The molecule has 2 aromatic rings. The highest BCUT2D eigenvalue weighted by Crippen LogP contribution is 2.11. The molecule has 1 N–H and O–H groups in total. The van der Waals surface area contributed by atoms with Crippen molar-refractivity contribution in [3.8, 4) is 5.69 Å². The lowest BCUT2D eigenvalue weighted by molar-refractivity contribution is 0.0688. The molecule has 86 valence electrons. The van der Waals surface area contributed by atoms with Gasteiger partial charge in [-0.2, -0.15) is 9.78 Å². The second kappa shape index (κ2) is 4.46. The van der Waals surface area contributed by atoms with Gasteiger partial charge in [0.05, 0.1) is 11.9 Å². The molecule has 0 aliphatic heterocycles. The molecule has 0 bridgehead atoms. The lowest BCUT2D eigenvalue weighted by Gasteiger charge is -2.04. The Morgan fingerprint density at radius 3 is 2.76 bits per heavy atom. The normalized spacial score (nSPS) is 10.2. The Hall–Kier alpha value is -2.02. The van der Waals surface area contributed by atoms with Crippen molar-refractivity contribution in [2.45, 2.75) is 0 Å². The number of hydrogen-bond acceptors (Lipinski definition) is 4. The number of aromatic nitrogens is 3. The largest absolute Gasteiger partial charge is 0.476 e. The van der Waals surface area contributed by atoms with E-state index >= 15 is 0 Å². The molecule has 0 atom stereocenters. The van der Waals surface area contributed by atoms with Crippen LogP contribution < -0.4 is 5.56 Å². The molecule has 0 unspecified atom stereocenters. The molecular weight excluding hydrogens is 290 g/mol. The SMILES string of the molecule is O=C(O)c1ccc(=O)n(-c2cncc(Br)c2)n1. The molecule has 0 aliphatic carbocycles. The average Bonchev–Trinajstić information content (AvgIpc) is 2.29. The van der Waals surface area contributed by atoms with Gasteiger partial charge in [0.15, 0.2) is 5.69 Å². The minimum Gasteiger partial charge on any atom is -0.476 e. The topological polar surface area (TPSA) is 85.1 Å². The standard InChI is InChI=1S/C10H6BrN3O3/c11-6-3-7(5-12-4-6)14-9(15)2-1-8(13-14)10(16)17/h1-5H,(H,16,17). The number of rotatable bonds is 2. The van der Waals surface area contributed by atoms with Crippen LogP contribution in [0.15, 0.2) is 39.9 Å². The molecular formula is C10H6BrN3O3. The van der Waals surface area contributed by atoms with E-state index in [1.165, 1.54) is 6.20 Å². The van der Waals surface area contributed by atoms with E-state index in [-0.39, 0.29) is 5.69 Å². The zero-order chi connectivity index (χ0) is 12.4. The minimum absolute atomic E-state index is 0.204. The first-order chi connectivity index (χ1) is 8.08. The van der Waals surface area contributed by atoms with Crippen molar-refractivity contribution in [3.05, 3.63) is 51.1 Å². The number of carbonyl (C=O) groups is 1. The van der Waals surface area contributed by atoms with Crippen LogP contribution in [-0.2, 0) is 0 Å². The highest BCUT2D eigenvalue weighted by atomic mass is 79.9. The van der Waals surface area contributed by atoms with Crippen molar-refractivity contribution < 1.29 is 9.90 Å². The lowest BCUT2D eigenvalue weighted by atomic mass is 10.4. The third-order valence-corrected chi connectivity index (χ3v) is 2.39. The fraction of sp³-hybridized carbons (Fsp3) is 0. The van der Waals surface area contributed by atoms with Gasteiger partial charge < -0.3 is 5.11 Å². The molecule has 0 saturated heterocycles. The zero-order valence-corrected chi connectivity index (χ0v) is 9.96. The lowest BCUT2D eigenvalue weighted by Crippen LogP contribution is -2.22. The van der Waals surface area contributed by atoms with Gasteiger partial charge in [-0.25, -0.2) is 4.79 Å². The van der Waals surface area contributed by atoms with Gasteiger partial charge in [0.1, 0.15) is 0 Å². The van der Waals surface area contributed by atoms with Crippen molar-refractivity contribution in [2.24, 2.45) is 0 Å². The van der Waals surface area contributed by atoms with Crippen LogP contribution in [0.25, 0.3) is 5.69 Å². The molecule has 0 radical (unpaired) electrons. The first-order valence-corrected chi connectivity index (χ1v) is 5.32. The summed E-state index contributed by atoms with van der Waals surface area (Å²) in [6.45, 7) is 0. The molecule has 0 spiro atoms. The van der Waals surface area contributed by atoms with Crippen molar-refractivity contribution >= 4 is 21.9 Å². The smallest absolute Gasteiger partial charge is 0.356 e. The third kappa shape index (κ3) is 2.39. The first-order valence-electron chi connectivity index (χ1n) is 4.52. The Balaban J connectivity index is 2.62. The Bertz CT molecular complexity index is 639. The van der Waals surface area contributed by atoms with Gasteiger partial charge in [0, 0.05) is 16.7 Å². The summed E-state index contributed by atoms with van der Waals surface area (Å²) in [7, 11) is 0. The zero-order valence-electron chi connectivity index (χ0n) is 8.37. The van der Waals surface area contributed by atoms with Gasteiger partial charge in [-0.15, -0.1) is 0 Å². The molecule has 0 fully saturated rings. The van der Waals surface area contributed by atoms with Gasteiger partial charge in [0.25, 0.3) is 5.56 Å². The molecule has 0 amide bonds. The Morgan fingerprint density at radius 1 is 1.35 bits per heavy atom. The summed E-state index contributed by atoms with van der Waals surface area (Å²) >= 11 is 3.21. The maximum Gasteiger partial charge on any atom is 0.356 e. The summed E-state index contributed by atoms with van der Waals surface area (Å²) < 4.78 is 1.66.